The van der Waals surface area contributed by atoms with Crippen LogP contribution >= 0.6 is 0 Å². The number of esters is 1. The predicted molar refractivity (Wildman–Crippen MR) is 105 cm³/mol. The van der Waals surface area contributed by atoms with E-state index < -0.39 is 5.60 Å². The van der Waals surface area contributed by atoms with E-state index in [0.717, 1.165) is 18.7 Å². The van der Waals surface area contributed by atoms with Gasteiger partial charge in [0.15, 0.2) is 0 Å². The first-order valence-electron chi connectivity index (χ1n) is 9.74. The summed E-state index contributed by atoms with van der Waals surface area (Å²) < 4.78 is 5.55. The Morgan fingerprint density at radius 1 is 1.15 bits per heavy atom. The van der Waals surface area contributed by atoms with Crippen molar-refractivity contribution in [2.75, 3.05) is 36.4 Å². The molecular formula is C20H30N4O3. The van der Waals surface area contributed by atoms with Crippen molar-refractivity contribution in [1.82, 2.24) is 9.88 Å². The molecule has 27 heavy (non-hydrogen) atoms. The molecule has 2 heterocycles. The van der Waals surface area contributed by atoms with E-state index in [1.165, 1.54) is 6.42 Å². The molecule has 1 aliphatic carbocycles. The van der Waals surface area contributed by atoms with Crippen LogP contribution < -0.4 is 10.2 Å². The number of amides is 1. The Morgan fingerprint density at radius 3 is 2.33 bits per heavy atom. The van der Waals surface area contributed by atoms with Gasteiger partial charge in [-0.05, 0) is 52.2 Å². The normalized spacial score (nSPS) is 18.1. The van der Waals surface area contributed by atoms with Crippen LogP contribution in [0.2, 0.25) is 0 Å². The summed E-state index contributed by atoms with van der Waals surface area (Å²) in [4.78, 5) is 32.9. The number of rotatable bonds is 4. The summed E-state index contributed by atoms with van der Waals surface area (Å²) in [5.74, 6) is 1.22. The molecule has 0 bridgehead atoms. The van der Waals surface area contributed by atoms with E-state index >= 15 is 0 Å². The zero-order chi connectivity index (χ0) is 19.6. The molecule has 0 aromatic carbocycles. The van der Waals surface area contributed by atoms with E-state index in [1.807, 2.05) is 25.7 Å². The molecule has 0 spiro atoms. The van der Waals surface area contributed by atoms with Gasteiger partial charge in [-0.15, -0.1) is 0 Å². The number of anilines is 2. The van der Waals surface area contributed by atoms with Crippen molar-refractivity contribution in [1.29, 1.82) is 0 Å². The number of piperazine rings is 1. The van der Waals surface area contributed by atoms with Crippen molar-refractivity contribution in [2.45, 2.75) is 58.6 Å². The molecule has 0 radical (unpaired) electrons. The Hall–Kier alpha value is -2.31. The lowest BCUT2D eigenvalue weighted by atomic mass is 9.93. The molecular weight excluding hydrogens is 344 g/mol. The third-order valence-electron chi connectivity index (χ3n) is 4.95. The summed E-state index contributed by atoms with van der Waals surface area (Å²) in [6.07, 6.45) is 3.49. The number of carbonyl (C=O) groups excluding carboxylic acids is 2. The number of nitrogens with one attached hydrogen (secondary N) is 1. The van der Waals surface area contributed by atoms with E-state index in [-0.39, 0.29) is 11.9 Å². The molecule has 1 N–H and O–H groups in total. The van der Waals surface area contributed by atoms with Crippen molar-refractivity contribution in [2.24, 2.45) is 0 Å². The zero-order valence-electron chi connectivity index (χ0n) is 16.7. The van der Waals surface area contributed by atoms with Gasteiger partial charge in [-0.25, -0.2) is 9.78 Å². The molecule has 1 aliphatic heterocycles. The van der Waals surface area contributed by atoms with Crippen LogP contribution in [-0.4, -0.2) is 59.6 Å². The molecule has 2 fully saturated rings. The Labute approximate surface area is 161 Å². The van der Waals surface area contributed by atoms with Gasteiger partial charge in [-0.3, -0.25) is 4.79 Å². The molecule has 2 aliphatic rings. The third kappa shape index (κ3) is 5.11. The fourth-order valence-corrected chi connectivity index (χ4v) is 3.22. The first-order chi connectivity index (χ1) is 12.7. The van der Waals surface area contributed by atoms with Crippen molar-refractivity contribution >= 4 is 23.5 Å². The van der Waals surface area contributed by atoms with Crippen LogP contribution in [-0.2, 0) is 9.53 Å². The average Bonchev–Trinajstić information content (AvgIpc) is 2.56. The van der Waals surface area contributed by atoms with Gasteiger partial charge in [0.1, 0.15) is 17.2 Å². The maximum atomic E-state index is 12.6. The van der Waals surface area contributed by atoms with Crippen molar-refractivity contribution < 1.29 is 14.3 Å². The highest BCUT2D eigenvalue weighted by Crippen LogP contribution is 2.26. The van der Waals surface area contributed by atoms with E-state index in [4.69, 9.17) is 9.72 Å². The fraction of sp³-hybridized carbons (Fsp3) is 0.650. The number of hydrogen-bond donors (Lipinski definition) is 1. The summed E-state index contributed by atoms with van der Waals surface area (Å²) in [6.45, 7) is 9.92. The van der Waals surface area contributed by atoms with E-state index in [1.54, 1.807) is 19.1 Å². The second-order valence-electron chi connectivity index (χ2n) is 8.37. The second-order valence-corrected chi connectivity index (χ2v) is 8.37. The molecule has 1 aromatic heterocycles. The summed E-state index contributed by atoms with van der Waals surface area (Å²) in [6, 6.07) is 4.00. The Morgan fingerprint density at radius 2 is 1.81 bits per heavy atom. The van der Waals surface area contributed by atoms with Gasteiger partial charge in [0.25, 0.3) is 0 Å². The standard InChI is InChI=1S/C20H30N4O3/c1-14(25)23-8-10-24(11-9-23)18-13-15(19(26)27-20(2,3)4)12-17(22-18)21-16-6-5-7-16/h12-13,16H,5-11H2,1-4H3,(H,21,22). The smallest absolute Gasteiger partial charge is 0.338 e. The lowest BCUT2D eigenvalue weighted by Crippen LogP contribution is -2.48. The Kier molecular flexibility index (Phi) is 5.58. The van der Waals surface area contributed by atoms with Gasteiger partial charge in [0, 0.05) is 39.1 Å². The molecule has 7 nitrogen and oxygen atoms in total. The zero-order valence-corrected chi connectivity index (χ0v) is 16.7. The quantitative estimate of drug-likeness (QED) is 0.817. The van der Waals surface area contributed by atoms with E-state index in [9.17, 15) is 9.59 Å². The molecule has 3 rings (SSSR count). The largest absolute Gasteiger partial charge is 0.456 e. The van der Waals surface area contributed by atoms with Gasteiger partial charge in [0.05, 0.1) is 5.56 Å². The number of aromatic nitrogens is 1. The van der Waals surface area contributed by atoms with Gasteiger partial charge in [-0.1, -0.05) is 0 Å². The molecule has 0 unspecified atom stereocenters. The number of hydrogen-bond acceptors (Lipinski definition) is 6. The van der Waals surface area contributed by atoms with Gasteiger partial charge in [-0.2, -0.15) is 0 Å². The topological polar surface area (TPSA) is 74.8 Å². The lowest BCUT2D eigenvalue weighted by molar-refractivity contribution is -0.129. The molecule has 1 amide bonds. The minimum absolute atomic E-state index is 0.0949. The second kappa shape index (κ2) is 7.74. The van der Waals surface area contributed by atoms with Gasteiger partial charge >= 0.3 is 5.97 Å². The molecule has 148 valence electrons. The predicted octanol–water partition coefficient (Wildman–Crippen LogP) is 2.67. The monoisotopic (exact) mass is 374 g/mol. The molecule has 7 heteroatoms. The van der Waals surface area contributed by atoms with Crippen LogP contribution in [0.1, 0.15) is 57.3 Å². The molecule has 0 atom stereocenters. The fourth-order valence-electron chi connectivity index (χ4n) is 3.22. The first kappa shape index (κ1) is 19.5. The summed E-state index contributed by atoms with van der Waals surface area (Å²) in [5, 5.41) is 3.43. The Balaban J connectivity index is 1.81. The van der Waals surface area contributed by atoms with Crippen LogP contribution in [0, 0.1) is 0 Å². The van der Waals surface area contributed by atoms with Crippen LogP contribution in [0.3, 0.4) is 0 Å². The maximum absolute atomic E-state index is 12.6. The minimum atomic E-state index is -0.546. The highest BCUT2D eigenvalue weighted by atomic mass is 16.6. The highest BCUT2D eigenvalue weighted by Gasteiger charge is 2.24. The molecule has 1 saturated heterocycles. The number of ether oxygens (including phenoxy) is 1. The number of carbonyl (C=O) groups is 2. The summed E-state index contributed by atoms with van der Waals surface area (Å²) in [5.41, 5.74) is -0.0411. The van der Waals surface area contributed by atoms with E-state index in [0.29, 0.717) is 43.6 Å². The lowest BCUT2D eigenvalue weighted by Gasteiger charge is -2.35. The number of nitrogens with zero attached hydrogens (tertiary/aromatic N) is 3. The maximum Gasteiger partial charge on any atom is 0.338 e. The van der Waals surface area contributed by atoms with Crippen molar-refractivity contribution in [3.05, 3.63) is 17.7 Å². The van der Waals surface area contributed by atoms with Gasteiger partial charge in [0.2, 0.25) is 5.91 Å². The molecule has 1 saturated carbocycles. The van der Waals surface area contributed by atoms with Crippen LogP contribution in [0.5, 0.6) is 0 Å². The average molecular weight is 374 g/mol. The SMILES string of the molecule is CC(=O)N1CCN(c2cc(C(=O)OC(C)(C)C)cc(NC3CCC3)n2)CC1. The Bertz CT molecular complexity index is 702. The summed E-state index contributed by atoms with van der Waals surface area (Å²) in [7, 11) is 0. The van der Waals surface area contributed by atoms with Crippen LogP contribution in [0.15, 0.2) is 12.1 Å². The highest BCUT2D eigenvalue weighted by molar-refractivity contribution is 5.91. The molecule has 1 aromatic rings. The first-order valence-corrected chi connectivity index (χ1v) is 9.74. The van der Waals surface area contributed by atoms with Gasteiger partial charge < -0.3 is 19.9 Å². The third-order valence-corrected chi connectivity index (χ3v) is 4.95. The number of pyridine rings is 1. The van der Waals surface area contributed by atoms with Crippen LogP contribution in [0.25, 0.3) is 0 Å². The van der Waals surface area contributed by atoms with Crippen LogP contribution in [0.4, 0.5) is 11.6 Å². The summed E-state index contributed by atoms with van der Waals surface area (Å²) >= 11 is 0. The minimum Gasteiger partial charge on any atom is -0.456 e. The van der Waals surface area contributed by atoms with E-state index in [2.05, 4.69) is 10.2 Å². The van der Waals surface area contributed by atoms with Crippen molar-refractivity contribution in [3.8, 4) is 0 Å². The van der Waals surface area contributed by atoms with Crippen molar-refractivity contribution in [3.63, 3.8) is 0 Å².